The number of carbonyl (C=O) groups is 2. The van der Waals surface area contributed by atoms with Crippen LogP contribution in [0, 0.1) is 0 Å². The highest BCUT2D eigenvalue weighted by atomic mass is 16.7. The van der Waals surface area contributed by atoms with Crippen LogP contribution in [-0.2, 0) is 17.8 Å². The molecule has 198 valence electrons. The van der Waals surface area contributed by atoms with Gasteiger partial charge in [-0.2, -0.15) is 5.10 Å². The Hall–Kier alpha value is -4.21. The van der Waals surface area contributed by atoms with Gasteiger partial charge in [-0.3, -0.25) is 14.6 Å². The summed E-state index contributed by atoms with van der Waals surface area (Å²) in [5.74, 6) is 0.244. The van der Waals surface area contributed by atoms with E-state index in [1.807, 2.05) is 30.3 Å². The van der Waals surface area contributed by atoms with E-state index < -0.39 is 6.16 Å². The summed E-state index contributed by atoms with van der Waals surface area (Å²) >= 11 is 0. The molecule has 1 heterocycles. The lowest BCUT2D eigenvalue weighted by molar-refractivity contribution is 0.0954. The molecule has 1 aliphatic heterocycles. The fraction of sp³-hybridized carbons (Fsp3) is 0.276. The molecule has 0 spiro atoms. The Balaban J connectivity index is 1.24. The predicted octanol–water partition coefficient (Wildman–Crippen LogP) is 3.92. The number of carbonyl (C=O) groups excluding carboxylic acids is 2. The van der Waals surface area contributed by atoms with E-state index in [9.17, 15) is 9.59 Å². The standard InChI is InChI=1S/C29H32N4O5/c1-36-27-18-24(10-13-26(27)38-29(35)37-2)19-30-31-28(34)25-11-8-23(9-12-25)21-33-16-14-32(15-17-33)20-22-6-4-3-5-7-22/h3-13,18-19H,14-17,20-21H2,1-2H3,(H,31,34)/b30-19+. The van der Waals surface area contributed by atoms with Crippen LogP contribution in [0.5, 0.6) is 11.5 Å². The molecule has 0 saturated carbocycles. The van der Waals surface area contributed by atoms with Crippen LogP contribution in [0.15, 0.2) is 77.9 Å². The zero-order valence-corrected chi connectivity index (χ0v) is 21.6. The van der Waals surface area contributed by atoms with Crippen molar-refractivity contribution in [2.75, 3.05) is 40.4 Å². The van der Waals surface area contributed by atoms with Crippen LogP contribution in [-0.4, -0.2) is 68.5 Å². The number of hydrogen-bond donors (Lipinski definition) is 1. The lowest BCUT2D eigenvalue weighted by Gasteiger charge is -2.34. The number of piperazine rings is 1. The number of methoxy groups -OCH3 is 2. The van der Waals surface area contributed by atoms with Crippen molar-refractivity contribution in [3.05, 3.63) is 95.1 Å². The minimum Gasteiger partial charge on any atom is -0.493 e. The van der Waals surface area contributed by atoms with Crippen molar-refractivity contribution in [3.8, 4) is 11.5 Å². The predicted molar refractivity (Wildman–Crippen MR) is 145 cm³/mol. The molecule has 0 unspecified atom stereocenters. The fourth-order valence-electron chi connectivity index (χ4n) is 4.18. The maximum Gasteiger partial charge on any atom is 0.513 e. The molecule has 1 N–H and O–H groups in total. The molecule has 1 saturated heterocycles. The second kappa shape index (κ2) is 13.4. The molecule has 9 nitrogen and oxygen atoms in total. The summed E-state index contributed by atoms with van der Waals surface area (Å²) in [6.07, 6.45) is 0.637. The Morgan fingerprint density at radius 2 is 1.47 bits per heavy atom. The summed E-state index contributed by atoms with van der Waals surface area (Å²) < 4.78 is 14.7. The van der Waals surface area contributed by atoms with E-state index in [2.05, 4.69) is 49.3 Å². The van der Waals surface area contributed by atoms with E-state index in [1.165, 1.54) is 31.6 Å². The first-order valence-corrected chi connectivity index (χ1v) is 12.4. The molecule has 0 atom stereocenters. The van der Waals surface area contributed by atoms with Crippen LogP contribution in [0.4, 0.5) is 4.79 Å². The minimum absolute atomic E-state index is 0.217. The van der Waals surface area contributed by atoms with Crippen molar-refractivity contribution >= 4 is 18.3 Å². The first-order chi connectivity index (χ1) is 18.5. The molecule has 9 heteroatoms. The minimum atomic E-state index is -0.843. The van der Waals surface area contributed by atoms with E-state index in [1.54, 1.807) is 18.2 Å². The zero-order valence-electron chi connectivity index (χ0n) is 21.6. The van der Waals surface area contributed by atoms with Crippen molar-refractivity contribution in [2.45, 2.75) is 13.1 Å². The number of amides is 1. The number of nitrogens with zero attached hydrogens (tertiary/aromatic N) is 3. The van der Waals surface area contributed by atoms with E-state index in [4.69, 9.17) is 9.47 Å². The molecule has 0 radical (unpaired) electrons. The van der Waals surface area contributed by atoms with E-state index in [-0.39, 0.29) is 11.7 Å². The Bertz CT molecular complexity index is 1240. The van der Waals surface area contributed by atoms with Crippen molar-refractivity contribution in [3.63, 3.8) is 0 Å². The normalized spacial score (nSPS) is 14.3. The highest BCUT2D eigenvalue weighted by Gasteiger charge is 2.17. The maximum atomic E-state index is 12.5. The summed E-state index contributed by atoms with van der Waals surface area (Å²) in [5.41, 5.74) is 6.23. The molecule has 0 aromatic heterocycles. The third-order valence-corrected chi connectivity index (χ3v) is 6.26. The number of nitrogens with one attached hydrogen (secondary N) is 1. The Morgan fingerprint density at radius 3 is 2.08 bits per heavy atom. The van der Waals surface area contributed by atoms with Gasteiger partial charge in [-0.05, 0) is 47.0 Å². The fourth-order valence-corrected chi connectivity index (χ4v) is 4.18. The average molecular weight is 517 g/mol. The summed E-state index contributed by atoms with van der Waals surface area (Å²) in [4.78, 5) is 28.8. The van der Waals surface area contributed by atoms with Crippen molar-refractivity contribution in [1.29, 1.82) is 0 Å². The molecule has 1 amide bonds. The van der Waals surface area contributed by atoms with Gasteiger partial charge in [0.05, 0.1) is 20.4 Å². The van der Waals surface area contributed by atoms with Crippen molar-refractivity contribution in [2.24, 2.45) is 5.10 Å². The third kappa shape index (κ3) is 7.64. The van der Waals surface area contributed by atoms with Crippen LogP contribution in [0.2, 0.25) is 0 Å². The molecule has 0 bridgehead atoms. The SMILES string of the molecule is COC(=O)Oc1ccc(/C=N/NC(=O)c2ccc(CN3CCN(Cc4ccccc4)CC3)cc2)cc1OC. The lowest BCUT2D eigenvalue weighted by atomic mass is 10.1. The molecule has 4 rings (SSSR count). The van der Waals surface area contributed by atoms with E-state index in [0.717, 1.165) is 39.3 Å². The summed E-state index contributed by atoms with van der Waals surface area (Å²) in [7, 11) is 2.68. The van der Waals surface area contributed by atoms with Gasteiger partial charge < -0.3 is 14.2 Å². The van der Waals surface area contributed by atoms with Gasteiger partial charge in [-0.1, -0.05) is 42.5 Å². The number of rotatable bonds is 9. The smallest absolute Gasteiger partial charge is 0.493 e. The second-order valence-electron chi connectivity index (χ2n) is 8.90. The molecule has 3 aromatic carbocycles. The highest BCUT2D eigenvalue weighted by molar-refractivity contribution is 5.95. The van der Waals surface area contributed by atoms with Crippen molar-refractivity contribution < 1.29 is 23.8 Å². The number of benzene rings is 3. The molecular formula is C29H32N4O5. The van der Waals surface area contributed by atoms with Gasteiger partial charge in [-0.15, -0.1) is 0 Å². The summed E-state index contributed by atoms with van der Waals surface area (Å²) in [5, 5.41) is 4.03. The third-order valence-electron chi connectivity index (χ3n) is 6.26. The second-order valence-corrected chi connectivity index (χ2v) is 8.90. The largest absolute Gasteiger partial charge is 0.513 e. The average Bonchev–Trinajstić information content (AvgIpc) is 2.95. The van der Waals surface area contributed by atoms with Gasteiger partial charge in [0.2, 0.25) is 0 Å². The summed E-state index contributed by atoms with van der Waals surface area (Å²) in [6.45, 7) is 5.97. The van der Waals surface area contributed by atoms with E-state index >= 15 is 0 Å². The molecule has 38 heavy (non-hydrogen) atoms. The number of hydrogen-bond acceptors (Lipinski definition) is 8. The molecule has 0 aliphatic carbocycles. The Kier molecular flexibility index (Phi) is 9.44. The van der Waals surface area contributed by atoms with Gasteiger partial charge >= 0.3 is 6.16 Å². The van der Waals surface area contributed by atoms with Gasteiger partial charge in [0.25, 0.3) is 5.91 Å². The number of ether oxygens (including phenoxy) is 3. The van der Waals surface area contributed by atoms with Crippen LogP contribution in [0.3, 0.4) is 0 Å². The van der Waals surface area contributed by atoms with Gasteiger partial charge in [0, 0.05) is 44.8 Å². The lowest BCUT2D eigenvalue weighted by Crippen LogP contribution is -2.45. The van der Waals surface area contributed by atoms with Crippen molar-refractivity contribution in [1.82, 2.24) is 15.2 Å². The van der Waals surface area contributed by atoms with Crippen LogP contribution < -0.4 is 14.9 Å². The van der Waals surface area contributed by atoms with Crippen LogP contribution >= 0.6 is 0 Å². The Morgan fingerprint density at radius 1 is 0.842 bits per heavy atom. The first-order valence-electron chi connectivity index (χ1n) is 12.4. The number of hydrazone groups is 1. The van der Waals surface area contributed by atoms with Gasteiger partial charge in [-0.25, -0.2) is 10.2 Å². The quantitative estimate of drug-likeness (QED) is 0.199. The zero-order chi connectivity index (χ0) is 26.7. The van der Waals surface area contributed by atoms with Gasteiger partial charge in [0.15, 0.2) is 11.5 Å². The maximum absolute atomic E-state index is 12.5. The highest BCUT2D eigenvalue weighted by Crippen LogP contribution is 2.27. The topological polar surface area (TPSA) is 92.7 Å². The molecule has 1 fully saturated rings. The Labute approximate surface area is 222 Å². The summed E-state index contributed by atoms with van der Waals surface area (Å²) in [6, 6.07) is 23.0. The van der Waals surface area contributed by atoms with Crippen LogP contribution in [0.1, 0.15) is 27.0 Å². The van der Waals surface area contributed by atoms with Gasteiger partial charge in [0.1, 0.15) is 0 Å². The van der Waals surface area contributed by atoms with E-state index in [0.29, 0.717) is 16.9 Å². The molecule has 1 aliphatic rings. The monoisotopic (exact) mass is 516 g/mol. The first kappa shape index (κ1) is 26.8. The molecule has 3 aromatic rings. The van der Waals surface area contributed by atoms with Crippen LogP contribution in [0.25, 0.3) is 0 Å². The molecular weight excluding hydrogens is 484 g/mol.